The Balaban J connectivity index is 0.000000491. The zero-order valence-corrected chi connectivity index (χ0v) is 12.2. The molecule has 0 amide bonds. The fourth-order valence-corrected chi connectivity index (χ4v) is 1.47. The van der Waals surface area contributed by atoms with Crippen molar-refractivity contribution in [1.29, 1.82) is 0 Å². The molecule has 0 atom stereocenters. The maximum Gasteiger partial charge on any atom is 0.300 e. The van der Waals surface area contributed by atoms with Crippen molar-refractivity contribution < 1.29 is 9.90 Å². The number of rotatable bonds is 2. The Morgan fingerprint density at radius 1 is 1.24 bits per heavy atom. The van der Waals surface area contributed by atoms with Crippen LogP contribution in [0.4, 0.5) is 11.6 Å². The highest BCUT2D eigenvalue weighted by atomic mass is 16.4. The van der Waals surface area contributed by atoms with Crippen LogP contribution < -0.4 is 5.32 Å². The fourth-order valence-electron chi connectivity index (χ4n) is 1.47. The van der Waals surface area contributed by atoms with Gasteiger partial charge in [0.1, 0.15) is 5.69 Å². The minimum atomic E-state index is -0.833. The number of aromatic nitrogens is 2. The molecule has 2 rings (SSSR count). The third kappa shape index (κ3) is 6.73. The molecule has 108 valence electrons. The third-order valence-electron chi connectivity index (χ3n) is 2.14. The molecule has 0 bridgehead atoms. The highest BCUT2D eigenvalue weighted by Crippen LogP contribution is 2.12. The lowest BCUT2D eigenvalue weighted by Gasteiger charge is -2.05. The van der Waals surface area contributed by atoms with Crippen LogP contribution in [0, 0.1) is 18.8 Å². The summed E-state index contributed by atoms with van der Waals surface area (Å²) >= 11 is 0. The molecule has 1 aromatic carbocycles. The summed E-state index contributed by atoms with van der Waals surface area (Å²) < 4.78 is 0. The van der Waals surface area contributed by atoms with Crippen molar-refractivity contribution in [2.75, 3.05) is 5.32 Å². The van der Waals surface area contributed by atoms with E-state index in [1.54, 1.807) is 6.92 Å². The normalized spacial score (nSPS) is 8.71. The molecule has 1 aromatic heterocycles. The molecule has 0 saturated heterocycles. The van der Waals surface area contributed by atoms with Gasteiger partial charge in [-0.1, -0.05) is 24.1 Å². The summed E-state index contributed by atoms with van der Waals surface area (Å²) in [6.45, 7) is 4.81. The first-order valence-electron chi connectivity index (χ1n) is 6.31. The Morgan fingerprint density at radius 2 is 1.86 bits per heavy atom. The molecular formula is C16H17N3O2. The minimum absolute atomic E-state index is 0.578. The maximum atomic E-state index is 9.00. The molecule has 2 aromatic rings. The van der Waals surface area contributed by atoms with Crippen molar-refractivity contribution in [2.45, 2.75) is 20.8 Å². The molecule has 1 heterocycles. The molecular weight excluding hydrogens is 266 g/mol. The van der Waals surface area contributed by atoms with E-state index in [0.717, 1.165) is 24.0 Å². The van der Waals surface area contributed by atoms with Gasteiger partial charge in [-0.15, -0.1) is 0 Å². The average molecular weight is 283 g/mol. The Labute approximate surface area is 124 Å². The first-order chi connectivity index (χ1) is 10.0. The second-order valence-corrected chi connectivity index (χ2v) is 4.10. The molecule has 2 N–H and O–H groups in total. The maximum absolute atomic E-state index is 9.00. The van der Waals surface area contributed by atoms with Crippen LogP contribution in [-0.4, -0.2) is 21.0 Å². The van der Waals surface area contributed by atoms with Crippen molar-refractivity contribution in [2.24, 2.45) is 0 Å². The van der Waals surface area contributed by atoms with E-state index in [0.29, 0.717) is 5.95 Å². The van der Waals surface area contributed by atoms with E-state index in [2.05, 4.69) is 27.1 Å². The SMILES string of the molecule is CC#Cc1cc(C)nc(Nc2ccccc2)n1.CC(=O)O. The van der Waals surface area contributed by atoms with Crippen molar-refractivity contribution in [3.63, 3.8) is 0 Å². The summed E-state index contributed by atoms with van der Waals surface area (Å²) in [6, 6.07) is 11.7. The second-order valence-electron chi connectivity index (χ2n) is 4.10. The van der Waals surface area contributed by atoms with E-state index in [1.165, 1.54) is 0 Å². The zero-order chi connectivity index (χ0) is 15.7. The van der Waals surface area contributed by atoms with Gasteiger partial charge in [-0.05, 0) is 38.0 Å². The molecule has 0 aliphatic carbocycles. The zero-order valence-electron chi connectivity index (χ0n) is 12.2. The molecule has 0 aliphatic rings. The monoisotopic (exact) mass is 283 g/mol. The molecule has 5 nitrogen and oxygen atoms in total. The molecule has 0 spiro atoms. The summed E-state index contributed by atoms with van der Waals surface area (Å²) in [5.74, 6) is 5.51. The molecule has 0 aliphatic heterocycles. The molecule has 21 heavy (non-hydrogen) atoms. The number of aryl methyl sites for hydroxylation is 1. The van der Waals surface area contributed by atoms with Crippen LogP contribution in [0.1, 0.15) is 25.2 Å². The fraction of sp³-hybridized carbons (Fsp3) is 0.188. The molecule has 0 fully saturated rings. The standard InChI is InChI=1S/C14H13N3.C2H4O2/c1-3-7-13-10-11(2)15-14(17-13)16-12-8-5-4-6-9-12;1-2(3)4/h4-6,8-10H,1-2H3,(H,15,16,17);1H3,(H,3,4). The number of aliphatic carboxylic acids is 1. The van der Waals surface area contributed by atoms with Gasteiger partial charge in [-0.25, -0.2) is 9.97 Å². The second kappa shape index (κ2) is 8.33. The number of hydrogen-bond acceptors (Lipinski definition) is 4. The van der Waals surface area contributed by atoms with Crippen LogP contribution in [0.2, 0.25) is 0 Å². The first kappa shape index (κ1) is 16.2. The summed E-state index contributed by atoms with van der Waals surface area (Å²) in [4.78, 5) is 17.6. The first-order valence-corrected chi connectivity index (χ1v) is 6.31. The van der Waals surface area contributed by atoms with Crippen molar-refractivity contribution in [1.82, 2.24) is 9.97 Å². The van der Waals surface area contributed by atoms with Gasteiger partial charge in [-0.3, -0.25) is 4.79 Å². The molecule has 5 heteroatoms. The van der Waals surface area contributed by atoms with Gasteiger partial charge in [-0.2, -0.15) is 0 Å². The summed E-state index contributed by atoms with van der Waals surface area (Å²) in [6.07, 6.45) is 0. The number of nitrogens with one attached hydrogen (secondary N) is 1. The molecule has 0 unspecified atom stereocenters. The predicted molar refractivity (Wildman–Crippen MR) is 82.4 cm³/mol. The van der Waals surface area contributed by atoms with E-state index >= 15 is 0 Å². The lowest BCUT2D eigenvalue weighted by Crippen LogP contribution is -2.00. The van der Waals surface area contributed by atoms with Crippen LogP contribution in [0.3, 0.4) is 0 Å². The summed E-state index contributed by atoms with van der Waals surface area (Å²) in [5.41, 5.74) is 2.60. The van der Waals surface area contributed by atoms with Crippen molar-refractivity contribution >= 4 is 17.6 Å². The van der Waals surface area contributed by atoms with Gasteiger partial charge in [0.05, 0.1) is 0 Å². The lowest BCUT2D eigenvalue weighted by molar-refractivity contribution is -0.134. The quantitative estimate of drug-likeness (QED) is 0.829. The number of carbonyl (C=O) groups is 1. The van der Waals surface area contributed by atoms with Crippen molar-refractivity contribution in [3.05, 3.63) is 47.8 Å². The van der Waals surface area contributed by atoms with Gasteiger partial charge in [0.15, 0.2) is 0 Å². The van der Waals surface area contributed by atoms with Crippen LogP contribution in [0.25, 0.3) is 0 Å². The number of nitrogens with zero attached hydrogens (tertiary/aromatic N) is 2. The van der Waals surface area contributed by atoms with E-state index in [-0.39, 0.29) is 0 Å². The number of benzene rings is 1. The lowest BCUT2D eigenvalue weighted by atomic mass is 10.3. The molecule has 0 saturated carbocycles. The predicted octanol–water partition coefficient (Wildman–Crippen LogP) is 2.99. The Morgan fingerprint density at radius 3 is 2.43 bits per heavy atom. The highest BCUT2D eigenvalue weighted by Gasteiger charge is 2.00. The van der Waals surface area contributed by atoms with Crippen LogP contribution in [-0.2, 0) is 4.79 Å². The van der Waals surface area contributed by atoms with E-state index in [4.69, 9.17) is 9.90 Å². The van der Waals surface area contributed by atoms with Gasteiger partial charge < -0.3 is 10.4 Å². The van der Waals surface area contributed by atoms with Crippen LogP contribution >= 0.6 is 0 Å². The number of anilines is 2. The Kier molecular flexibility index (Phi) is 6.42. The topological polar surface area (TPSA) is 75.1 Å². The minimum Gasteiger partial charge on any atom is -0.481 e. The number of para-hydroxylation sites is 1. The number of hydrogen-bond donors (Lipinski definition) is 2. The summed E-state index contributed by atoms with van der Waals surface area (Å²) in [5, 5.41) is 10.6. The van der Waals surface area contributed by atoms with E-state index in [9.17, 15) is 0 Å². The van der Waals surface area contributed by atoms with Crippen molar-refractivity contribution in [3.8, 4) is 11.8 Å². The average Bonchev–Trinajstić information content (AvgIpc) is 2.39. The van der Waals surface area contributed by atoms with Gasteiger partial charge >= 0.3 is 0 Å². The smallest absolute Gasteiger partial charge is 0.300 e. The largest absolute Gasteiger partial charge is 0.481 e. The Bertz CT molecular complexity index is 654. The Hall–Kier alpha value is -2.87. The van der Waals surface area contributed by atoms with E-state index < -0.39 is 5.97 Å². The van der Waals surface area contributed by atoms with Crippen LogP contribution in [0.5, 0.6) is 0 Å². The molecule has 0 radical (unpaired) electrons. The van der Waals surface area contributed by atoms with Gasteiger partial charge in [0, 0.05) is 18.3 Å². The van der Waals surface area contributed by atoms with E-state index in [1.807, 2.05) is 43.3 Å². The van der Waals surface area contributed by atoms with Gasteiger partial charge in [0.2, 0.25) is 5.95 Å². The summed E-state index contributed by atoms with van der Waals surface area (Å²) in [7, 11) is 0. The van der Waals surface area contributed by atoms with Crippen LogP contribution in [0.15, 0.2) is 36.4 Å². The number of carboxylic acids is 1. The highest BCUT2D eigenvalue weighted by molar-refractivity contribution is 5.63. The van der Waals surface area contributed by atoms with Gasteiger partial charge in [0.25, 0.3) is 5.97 Å². The third-order valence-corrected chi connectivity index (χ3v) is 2.14. The number of carboxylic acid groups (broad SMARTS) is 1.